The third-order valence-electron chi connectivity index (χ3n) is 3.40. The van der Waals surface area contributed by atoms with Crippen LogP contribution in [0.25, 0.3) is 22.2 Å². The number of aromatic nitrogens is 1. The highest BCUT2D eigenvalue weighted by Crippen LogP contribution is 2.32. The number of halogens is 2. The minimum absolute atomic E-state index is 0.337. The summed E-state index contributed by atoms with van der Waals surface area (Å²) in [6.07, 6.45) is 0.686. The van der Waals surface area contributed by atoms with Gasteiger partial charge < -0.3 is 4.98 Å². The number of carbonyl (C=O) groups excluding carboxylic acids is 1. The highest BCUT2D eigenvalue weighted by molar-refractivity contribution is 6.30. The molecule has 0 bridgehead atoms. The van der Waals surface area contributed by atoms with E-state index in [1.165, 1.54) is 6.07 Å². The fraction of sp³-hybridized carbons (Fsp3) is 0.0625. The molecule has 3 aromatic rings. The molecule has 1 N–H and O–H groups in total. The second kappa shape index (κ2) is 4.76. The van der Waals surface area contributed by atoms with Gasteiger partial charge in [-0.05, 0) is 36.2 Å². The van der Waals surface area contributed by atoms with Gasteiger partial charge >= 0.3 is 0 Å². The van der Waals surface area contributed by atoms with Crippen molar-refractivity contribution in [3.05, 3.63) is 58.4 Å². The number of benzene rings is 2. The van der Waals surface area contributed by atoms with Crippen LogP contribution in [-0.4, -0.2) is 11.3 Å². The molecule has 0 radical (unpaired) electrons. The maximum atomic E-state index is 14.0. The molecule has 0 amide bonds. The average molecular weight is 288 g/mol. The molecule has 0 unspecified atom stereocenters. The van der Waals surface area contributed by atoms with Crippen LogP contribution in [0.2, 0.25) is 5.02 Å². The Kier molecular flexibility index (Phi) is 3.07. The third-order valence-corrected chi connectivity index (χ3v) is 3.65. The van der Waals surface area contributed by atoms with E-state index < -0.39 is 5.82 Å². The van der Waals surface area contributed by atoms with E-state index in [0.29, 0.717) is 33.5 Å². The second-order valence-corrected chi connectivity index (χ2v) is 5.09. The molecule has 0 saturated heterocycles. The molecule has 2 aromatic carbocycles. The predicted molar refractivity (Wildman–Crippen MR) is 78.8 cm³/mol. The summed E-state index contributed by atoms with van der Waals surface area (Å²) in [5.41, 5.74) is 3.29. The van der Waals surface area contributed by atoms with E-state index >= 15 is 0 Å². The number of nitrogens with one attached hydrogen (secondary N) is 1. The van der Waals surface area contributed by atoms with Gasteiger partial charge in [0.15, 0.2) is 6.29 Å². The summed E-state index contributed by atoms with van der Waals surface area (Å²) in [6, 6.07) is 10.1. The lowest BCUT2D eigenvalue weighted by atomic mass is 10.0. The van der Waals surface area contributed by atoms with Gasteiger partial charge in [0, 0.05) is 10.4 Å². The van der Waals surface area contributed by atoms with Gasteiger partial charge in [0.25, 0.3) is 0 Å². The van der Waals surface area contributed by atoms with E-state index in [1.54, 1.807) is 30.3 Å². The van der Waals surface area contributed by atoms with Crippen molar-refractivity contribution in [2.24, 2.45) is 0 Å². The van der Waals surface area contributed by atoms with Gasteiger partial charge in [0.05, 0.1) is 16.8 Å². The molecule has 0 atom stereocenters. The summed E-state index contributed by atoms with van der Waals surface area (Å²) in [4.78, 5) is 14.5. The fourth-order valence-electron chi connectivity index (χ4n) is 2.39. The highest BCUT2D eigenvalue weighted by Gasteiger charge is 2.17. The van der Waals surface area contributed by atoms with E-state index in [-0.39, 0.29) is 0 Å². The molecule has 100 valence electrons. The van der Waals surface area contributed by atoms with Crippen molar-refractivity contribution < 1.29 is 9.18 Å². The quantitative estimate of drug-likeness (QED) is 0.678. The van der Waals surface area contributed by atoms with Gasteiger partial charge in [0.2, 0.25) is 0 Å². The summed E-state index contributed by atoms with van der Waals surface area (Å²) in [5, 5.41) is 0.949. The lowest BCUT2D eigenvalue weighted by Gasteiger charge is -2.00. The molecule has 4 heteroatoms. The van der Waals surface area contributed by atoms with E-state index in [0.717, 1.165) is 11.1 Å². The van der Waals surface area contributed by atoms with Gasteiger partial charge in [0.1, 0.15) is 5.82 Å². The number of aryl methyl sites for hydroxylation is 1. The number of H-pyrrole nitrogens is 1. The van der Waals surface area contributed by atoms with Gasteiger partial charge in [-0.1, -0.05) is 29.8 Å². The average Bonchev–Trinajstić information content (AvgIpc) is 2.84. The molecule has 1 heterocycles. The molecule has 20 heavy (non-hydrogen) atoms. The lowest BCUT2D eigenvalue weighted by molar-refractivity contribution is 0.112. The Morgan fingerprint density at radius 1 is 1.15 bits per heavy atom. The monoisotopic (exact) mass is 287 g/mol. The number of carbonyl (C=O) groups is 1. The minimum Gasteiger partial charge on any atom is -0.354 e. The lowest BCUT2D eigenvalue weighted by Crippen LogP contribution is -1.86. The molecular weight excluding hydrogens is 277 g/mol. The number of hydrogen-bond acceptors (Lipinski definition) is 1. The van der Waals surface area contributed by atoms with E-state index in [4.69, 9.17) is 11.6 Å². The van der Waals surface area contributed by atoms with E-state index in [9.17, 15) is 9.18 Å². The number of aromatic amines is 1. The first-order valence-electron chi connectivity index (χ1n) is 6.13. The first-order chi connectivity index (χ1) is 9.61. The molecule has 2 nitrogen and oxygen atoms in total. The minimum atomic E-state index is -0.399. The Hall–Kier alpha value is -2.13. The van der Waals surface area contributed by atoms with Gasteiger partial charge in [-0.15, -0.1) is 0 Å². The summed E-state index contributed by atoms with van der Waals surface area (Å²) < 4.78 is 14.0. The van der Waals surface area contributed by atoms with Crippen molar-refractivity contribution in [1.82, 2.24) is 4.98 Å². The molecule has 0 fully saturated rings. The van der Waals surface area contributed by atoms with Crippen LogP contribution < -0.4 is 0 Å². The van der Waals surface area contributed by atoms with Gasteiger partial charge in [-0.3, -0.25) is 4.79 Å². The molecule has 0 aliphatic rings. The van der Waals surface area contributed by atoms with Crippen LogP contribution >= 0.6 is 11.6 Å². The van der Waals surface area contributed by atoms with Crippen molar-refractivity contribution >= 4 is 28.8 Å². The SMILES string of the molecule is Cc1ccc(F)c2c(C=O)c(-c3ccc(Cl)cc3)[nH]c12. The smallest absolute Gasteiger partial charge is 0.152 e. The van der Waals surface area contributed by atoms with Crippen molar-refractivity contribution in [2.75, 3.05) is 0 Å². The van der Waals surface area contributed by atoms with Crippen LogP contribution in [0.1, 0.15) is 15.9 Å². The molecule has 3 rings (SSSR count). The maximum absolute atomic E-state index is 14.0. The highest BCUT2D eigenvalue weighted by atomic mass is 35.5. The van der Waals surface area contributed by atoms with Crippen LogP contribution in [-0.2, 0) is 0 Å². The first-order valence-corrected chi connectivity index (χ1v) is 6.51. The second-order valence-electron chi connectivity index (χ2n) is 4.65. The number of aldehydes is 1. The third kappa shape index (κ3) is 1.91. The summed E-state index contributed by atoms with van der Waals surface area (Å²) in [5.74, 6) is -0.399. The van der Waals surface area contributed by atoms with Crippen molar-refractivity contribution in [3.8, 4) is 11.3 Å². The van der Waals surface area contributed by atoms with Crippen LogP contribution in [0.4, 0.5) is 4.39 Å². The van der Waals surface area contributed by atoms with Gasteiger partial charge in [-0.25, -0.2) is 4.39 Å². The fourth-order valence-corrected chi connectivity index (χ4v) is 2.51. The summed E-state index contributed by atoms with van der Waals surface area (Å²) in [7, 11) is 0. The zero-order valence-corrected chi connectivity index (χ0v) is 11.5. The molecule has 0 aliphatic carbocycles. The molecule has 0 spiro atoms. The van der Waals surface area contributed by atoms with Crippen LogP contribution in [0.15, 0.2) is 36.4 Å². The van der Waals surface area contributed by atoms with Crippen LogP contribution in [0, 0.1) is 12.7 Å². The molecule has 0 aliphatic heterocycles. The number of hydrogen-bond donors (Lipinski definition) is 1. The zero-order valence-electron chi connectivity index (χ0n) is 10.7. The topological polar surface area (TPSA) is 32.9 Å². The number of fused-ring (bicyclic) bond motifs is 1. The van der Waals surface area contributed by atoms with Crippen molar-refractivity contribution in [2.45, 2.75) is 6.92 Å². The Labute approximate surface area is 120 Å². The Morgan fingerprint density at radius 3 is 2.50 bits per heavy atom. The van der Waals surface area contributed by atoms with Crippen molar-refractivity contribution in [1.29, 1.82) is 0 Å². The van der Waals surface area contributed by atoms with E-state index in [2.05, 4.69) is 4.98 Å². The molecular formula is C16H11ClFNO. The van der Waals surface area contributed by atoms with Crippen LogP contribution in [0.5, 0.6) is 0 Å². The van der Waals surface area contributed by atoms with Crippen molar-refractivity contribution in [3.63, 3.8) is 0 Å². The summed E-state index contributed by atoms with van der Waals surface area (Å²) >= 11 is 5.86. The Morgan fingerprint density at radius 2 is 1.85 bits per heavy atom. The zero-order chi connectivity index (χ0) is 14.3. The van der Waals surface area contributed by atoms with Crippen LogP contribution in [0.3, 0.4) is 0 Å². The first kappa shape index (κ1) is 12.9. The Balaban J connectivity index is 2.36. The Bertz CT molecular complexity index is 805. The number of rotatable bonds is 2. The molecule has 1 aromatic heterocycles. The van der Waals surface area contributed by atoms with Gasteiger partial charge in [-0.2, -0.15) is 0 Å². The predicted octanol–water partition coefficient (Wildman–Crippen LogP) is 4.75. The van der Waals surface area contributed by atoms with E-state index in [1.807, 2.05) is 6.92 Å². The maximum Gasteiger partial charge on any atom is 0.152 e. The summed E-state index contributed by atoms with van der Waals surface area (Å²) in [6.45, 7) is 1.87. The molecule has 0 saturated carbocycles. The standard InChI is InChI=1S/C16H11ClFNO/c1-9-2-7-13(18)14-12(8-20)16(19-15(9)14)10-3-5-11(17)6-4-10/h2-8,19H,1H3. The normalized spacial score (nSPS) is 10.9. The largest absolute Gasteiger partial charge is 0.354 e.